The van der Waals surface area contributed by atoms with E-state index in [-0.39, 0.29) is 6.54 Å². The highest BCUT2D eigenvalue weighted by molar-refractivity contribution is 6.36. The SMILES string of the molecule is [O-][N+]1=C(c2ccccc2Cl)c2cc(Cl)ccc2-c2c[nH]cc2C1. The summed E-state index contributed by atoms with van der Waals surface area (Å²) in [5.74, 6) is 0. The lowest BCUT2D eigenvalue weighted by Crippen LogP contribution is -2.17. The number of hydrogen-bond acceptors (Lipinski definition) is 1. The molecule has 0 aliphatic carbocycles. The van der Waals surface area contributed by atoms with Gasteiger partial charge >= 0.3 is 0 Å². The summed E-state index contributed by atoms with van der Waals surface area (Å²) in [4.78, 5) is 3.08. The summed E-state index contributed by atoms with van der Waals surface area (Å²) in [6, 6.07) is 13.0. The Hall–Kier alpha value is -2.23. The Kier molecular flexibility index (Phi) is 3.40. The molecule has 5 heteroatoms. The van der Waals surface area contributed by atoms with Crippen LogP contribution in [0.5, 0.6) is 0 Å². The third-order valence-corrected chi connectivity index (χ3v) is 4.62. The first kappa shape index (κ1) is 14.4. The molecule has 0 amide bonds. The van der Waals surface area contributed by atoms with Crippen LogP contribution < -0.4 is 0 Å². The van der Waals surface area contributed by atoms with Gasteiger partial charge in [0.1, 0.15) is 0 Å². The van der Waals surface area contributed by atoms with Gasteiger partial charge in [-0.25, -0.2) is 0 Å². The second kappa shape index (κ2) is 5.44. The van der Waals surface area contributed by atoms with Gasteiger partial charge in [0.25, 0.3) is 0 Å². The van der Waals surface area contributed by atoms with Crippen LogP contribution in [0.15, 0.2) is 54.9 Å². The molecule has 2 heterocycles. The molecule has 0 spiro atoms. The molecular weight excluding hydrogens is 331 g/mol. The first-order chi connectivity index (χ1) is 11.1. The number of H-pyrrole nitrogens is 1. The van der Waals surface area contributed by atoms with Crippen LogP contribution in [0.4, 0.5) is 0 Å². The number of fused-ring (bicyclic) bond motifs is 3. The summed E-state index contributed by atoms with van der Waals surface area (Å²) >= 11 is 12.5. The molecule has 4 rings (SSSR count). The molecule has 2 aromatic carbocycles. The molecule has 1 aliphatic rings. The highest BCUT2D eigenvalue weighted by atomic mass is 35.5. The standard InChI is InChI=1S/C18H12Cl2N2O/c19-12-5-6-13-15(7-12)18(14-3-1-2-4-17(14)20)22(23)10-11-8-21-9-16(11)13/h1-9,21H,10H2. The van der Waals surface area contributed by atoms with E-state index in [1.54, 1.807) is 6.07 Å². The average Bonchev–Trinajstić information content (AvgIpc) is 2.94. The van der Waals surface area contributed by atoms with Crippen molar-refractivity contribution in [3.8, 4) is 11.1 Å². The quantitative estimate of drug-likeness (QED) is 0.498. The van der Waals surface area contributed by atoms with Gasteiger partial charge in [0.05, 0.1) is 16.1 Å². The Labute approximate surface area is 143 Å². The van der Waals surface area contributed by atoms with E-state index in [1.165, 1.54) is 0 Å². The summed E-state index contributed by atoms with van der Waals surface area (Å²) in [6.45, 7) is 0.256. The van der Waals surface area contributed by atoms with Crippen LogP contribution in [0.2, 0.25) is 10.0 Å². The topological polar surface area (TPSA) is 41.9 Å². The summed E-state index contributed by atoms with van der Waals surface area (Å²) < 4.78 is 0.982. The molecule has 1 N–H and O–H groups in total. The van der Waals surface area contributed by atoms with Crippen molar-refractivity contribution in [1.82, 2.24) is 4.98 Å². The molecule has 3 nitrogen and oxygen atoms in total. The lowest BCUT2D eigenvalue weighted by atomic mass is 9.94. The predicted molar refractivity (Wildman–Crippen MR) is 93.2 cm³/mol. The largest absolute Gasteiger partial charge is 0.623 e. The van der Waals surface area contributed by atoms with Gasteiger partial charge in [-0.3, -0.25) is 0 Å². The number of hydrogen-bond donors (Lipinski definition) is 1. The Morgan fingerprint density at radius 2 is 1.74 bits per heavy atom. The Bertz CT molecular complexity index is 944. The van der Waals surface area contributed by atoms with Crippen molar-refractivity contribution >= 4 is 28.9 Å². The van der Waals surface area contributed by atoms with E-state index >= 15 is 0 Å². The second-order valence-electron chi connectivity index (χ2n) is 5.45. The van der Waals surface area contributed by atoms with Crippen molar-refractivity contribution < 1.29 is 4.74 Å². The van der Waals surface area contributed by atoms with Crippen LogP contribution in [0.25, 0.3) is 11.1 Å². The van der Waals surface area contributed by atoms with Gasteiger partial charge in [-0.2, -0.15) is 4.74 Å². The molecule has 0 saturated heterocycles. The van der Waals surface area contributed by atoms with Crippen molar-refractivity contribution in [2.45, 2.75) is 6.54 Å². The van der Waals surface area contributed by atoms with Gasteiger partial charge in [-0.05, 0) is 29.8 Å². The van der Waals surface area contributed by atoms with E-state index in [2.05, 4.69) is 4.98 Å². The molecule has 23 heavy (non-hydrogen) atoms. The number of halogens is 2. The van der Waals surface area contributed by atoms with Gasteiger partial charge in [0.15, 0.2) is 6.54 Å². The smallest absolute Gasteiger partial charge is 0.228 e. The fourth-order valence-electron chi connectivity index (χ4n) is 3.03. The van der Waals surface area contributed by atoms with Crippen molar-refractivity contribution in [3.63, 3.8) is 0 Å². The maximum absolute atomic E-state index is 12.9. The molecule has 0 saturated carbocycles. The van der Waals surface area contributed by atoms with Crippen LogP contribution in [0.1, 0.15) is 16.7 Å². The van der Waals surface area contributed by atoms with Crippen molar-refractivity contribution in [3.05, 3.63) is 86.8 Å². The van der Waals surface area contributed by atoms with Crippen molar-refractivity contribution in [2.24, 2.45) is 0 Å². The third kappa shape index (κ3) is 2.33. The molecule has 3 aromatic rings. The first-order valence-corrected chi connectivity index (χ1v) is 7.93. The van der Waals surface area contributed by atoms with E-state index in [9.17, 15) is 5.21 Å². The molecule has 0 atom stereocenters. The fraction of sp³-hybridized carbons (Fsp3) is 0.0556. The highest BCUT2D eigenvalue weighted by Crippen LogP contribution is 2.35. The molecule has 0 radical (unpaired) electrons. The van der Waals surface area contributed by atoms with Crippen LogP contribution in [0.3, 0.4) is 0 Å². The minimum Gasteiger partial charge on any atom is -0.623 e. The van der Waals surface area contributed by atoms with E-state index in [1.807, 2.05) is 48.8 Å². The van der Waals surface area contributed by atoms with Crippen molar-refractivity contribution in [2.75, 3.05) is 0 Å². The minimum atomic E-state index is 0.256. The zero-order chi connectivity index (χ0) is 16.0. The molecule has 0 fully saturated rings. The number of nitrogens with one attached hydrogen (secondary N) is 1. The second-order valence-corrected chi connectivity index (χ2v) is 6.29. The number of aromatic nitrogens is 1. The van der Waals surface area contributed by atoms with E-state index < -0.39 is 0 Å². The summed E-state index contributed by atoms with van der Waals surface area (Å²) in [5, 5.41) is 14.0. The van der Waals surface area contributed by atoms with Crippen molar-refractivity contribution in [1.29, 1.82) is 0 Å². The van der Waals surface area contributed by atoms with Gasteiger partial charge < -0.3 is 10.2 Å². The maximum Gasteiger partial charge on any atom is 0.228 e. The zero-order valence-electron chi connectivity index (χ0n) is 12.0. The summed E-state index contributed by atoms with van der Waals surface area (Å²) in [6.07, 6.45) is 3.76. The normalized spacial score (nSPS) is 13.5. The Morgan fingerprint density at radius 3 is 2.57 bits per heavy atom. The number of hydroxylamine groups is 1. The van der Waals surface area contributed by atoms with Crippen LogP contribution >= 0.6 is 23.2 Å². The van der Waals surface area contributed by atoms with Gasteiger partial charge in [-0.1, -0.05) is 41.4 Å². The summed E-state index contributed by atoms with van der Waals surface area (Å²) in [7, 11) is 0. The number of rotatable bonds is 1. The number of benzene rings is 2. The lowest BCUT2D eigenvalue weighted by molar-refractivity contribution is -0.473. The first-order valence-electron chi connectivity index (χ1n) is 7.17. The highest BCUT2D eigenvalue weighted by Gasteiger charge is 2.28. The molecule has 1 aromatic heterocycles. The maximum atomic E-state index is 12.9. The average molecular weight is 343 g/mol. The van der Waals surface area contributed by atoms with Crippen LogP contribution in [-0.2, 0) is 6.54 Å². The lowest BCUT2D eigenvalue weighted by Gasteiger charge is -2.12. The predicted octanol–water partition coefficient (Wildman–Crippen LogP) is 4.85. The Balaban J connectivity index is 2.07. The monoisotopic (exact) mass is 342 g/mol. The van der Waals surface area contributed by atoms with Gasteiger partial charge in [-0.15, -0.1) is 0 Å². The number of aromatic amines is 1. The third-order valence-electron chi connectivity index (χ3n) is 4.05. The minimum absolute atomic E-state index is 0.256. The van der Waals surface area contributed by atoms with E-state index in [4.69, 9.17) is 23.2 Å². The van der Waals surface area contributed by atoms with E-state index in [0.29, 0.717) is 21.3 Å². The van der Waals surface area contributed by atoms with Crippen LogP contribution in [-0.4, -0.2) is 15.4 Å². The van der Waals surface area contributed by atoms with Gasteiger partial charge in [0.2, 0.25) is 5.71 Å². The van der Waals surface area contributed by atoms with E-state index in [0.717, 1.165) is 27.0 Å². The molecule has 1 aliphatic heterocycles. The number of nitrogens with zero attached hydrogens (tertiary/aromatic N) is 1. The fourth-order valence-corrected chi connectivity index (χ4v) is 3.42. The zero-order valence-corrected chi connectivity index (χ0v) is 13.5. The molecule has 0 bridgehead atoms. The van der Waals surface area contributed by atoms with Gasteiger partial charge in [0, 0.05) is 28.5 Å². The molecule has 0 unspecified atom stereocenters. The van der Waals surface area contributed by atoms with Crippen LogP contribution in [0, 0.1) is 5.21 Å². The molecular formula is C18H12Cl2N2O. The Morgan fingerprint density at radius 1 is 0.913 bits per heavy atom. The molecule has 114 valence electrons. The summed E-state index contributed by atoms with van der Waals surface area (Å²) in [5.41, 5.74) is 4.98.